The fourth-order valence-corrected chi connectivity index (χ4v) is 3.07. The second-order valence-corrected chi connectivity index (χ2v) is 7.38. The van der Waals surface area contributed by atoms with Crippen LogP contribution < -0.4 is 15.4 Å². The Kier molecular flexibility index (Phi) is 9.12. The highest BCUT2D eigenvalue weighted by molar-refractivity contribution is 14.0. The maximum Gasteiger partial charge on any atom is 0.213 e. The number of hydrogen-bond donors (Lipinski definition) is 2. The summed E-state index contributed by atoms with van der Waals surface area (Å²) in [5.41, 5.74) is 1.08. The first-order valence-electron chi connectivity index (χ1n) is 10.1. The summed E-state index contributed by atoms with van der Waals surface area (Å²) in [5.74, 6) is 3.81. The first-order chi connectivity index (χ1) is 13.6. The lowest BCUT2D eigenvalue weighted by molar-refractivity contribution is 0.305. The minimum Gasteiger partial charge on any atom is -0.478 e. The van der Waals surface area contributed by atoms with Crippen molar-refractivity contribution in [2.45, 2.75) is 65.1 Å². The molecule has 1 atom stereocenters. The van der Waals surface area contributed by atoms with Crippen LogP contribution in [0, 0.1) is 0 Å². The van der Waals surface area contributed by atoms with Gasteiger partial charge in [0.1, 0.15) is 5.82 Å². The molecule has 8 nitrogen and oxygen atoms in total. The highest BCUT2D eigenvalue weighted by Crippen LogP contribution is 2.17. The lowest BCUT2D eigenvalue weighted by atomic mass is 10.1. The van der Waals surface area contributed by atoms with E-state index in [-0.39, 0.29) is 30.0 Å². The summed E-state index contributed by atoms with van der Waals surface area (Å²) in [5, 5.41) is 11.5. The molecule has 1 aliphatic heterocycles. The third-order valence-corrected chi connectivity index (χ3v) is 4.67. The zero-order chi connectivity index (χ0) is 19.9. The predicted octanol–water partition coefficient (Wildman–Crippen LogP) is 2.88. The summed E-state index contributed by atoms with van der Waals surface area (Å²) in [6.45, 7) is 8.48. The number of nitrogens with zero attached hydrogens (tertiary/aromatic N) is 5. The molecule has 3 heterocycles. The van der Waals surface area contributed by atoms with Crippen LogP contribution in [-0.4, -0.2) is 45.4 Å². The van der Waals surface area contributed by atoms with Crippen molar-refractivity contribution < 1.29 is 4.74 Å². The van der Waals surface area contributed by atoms with Gasteiger partial charge in [0.2, 0.25) is 5.88 Å². The van der Waals surface area contributed by atoms with Gasteiger partial charge in [0.15, 0.2) is 11.8 Å². The normalized spacial score (nSPS) is 16.2. The Labute approximate surface area is 190 Å². The van der Waals surface area contributed by atoms with Crippen LogP contribution in [0.1, 0.15) is 56.7 Å². The van der Waals surface area contributed by atoms with Gasteiger partial charge in [-0.15, -0.1) is 24.0 Å². The second kappa shape index (κ2) is 11.3. The minimum absolute atomic E-state index is 0. The van der Waals surface area contributed by atoms with Gasteiger partial charge in [-0.25, -0.2) is 14.6 Å². The molecular weight excluding hydrogens is 481 g/mol. The van der Waals surface area contributed by atoms with Crippen molar-refractivity contribution in [2.24, 2.45) is 4.99 Å². The number of aromatic nitrogens is 4. The average Bonchev–Trinajstić information content (AvgIpc) is 3.14. The van der Waals surface area contributed by atoms with Gasteiger partial charge in [-0.1, -0.05) is 26.8 Å². The lowest BCUT2D eigenvalue weighted by Crippen LogP contribution is -2.46. The molecule has 0 bridgehead atoms. The number of rotatable bonds is 7. The maximum absolute atomic E-state index is 5.52. The zero-order valence-electron chi connectivity index (χ0n) is 17.7. The summed E-state index contributed by atoms with van der Waals surface area (Å²) in [4.78, 5) is 13.3. The van der Waals surface area contributed by atoms with Gasteiger partial charge in [-0.05, 0) is 18.4 Å². The molecule has 9 heteroatoms. The number of fused-ring (bicyclic) bond motifs is 1. The molecule has 0 saturated carbocycles. The molecule has 0 saturated heterocycles. The van der Waals surface area contributed by atoms with E-state index in [9.17, 15) is 0 Å². The van der Waals surface area contributed by atoms with E-state index in [0.29, 0.717) is 24.9 Å². The van der Waals surface area contributed by atoms with Crippen LogP contribution in [0.25, 0.3) is 0 Å². The van der Waals surface area contributed by atoms with Crippen molar-refractivity contribution in [2.75, 3.05) is 13.7 Å². The third kappa shape index (κ3) is 6.55. The van der Waals surface area contributed by atoms with Crippen molar-refractivity contribution in [3.63, 3.8) is 0 Å². The SMILES string of the molecule is CCCOc1ccc(CNC(=NC)NC2CCc3nc(C(C)C)nn3C2)cn1.I. The van der Waals surface area contributed by atoms with Crippen LogP contribution in [0.4, 0.5) is 0 Å². The average molecular weight is 513 g/mol. The molecule has 2 N–H and O–H groups in total. The molecular formula is C20H32IN7O. The molecule has 0 amide bonds. The Morgan fingerprint density at radius 2 is 2.21 bits per heavy atom. The van der Waals surface area contributed by atoms with Crippen molar-refractivity contribution in [3.8, 4) is 5.88 Å². The van der Waals surface area contributed by atoms with Gasteiger partial charge in [0.05, 0.1) is 13.2 Å². The van der Waals surface area contributed by atoms with Gasteiger partial charge in [-0.3, -0.25) is 4.99 Å². The molecule has 2 aromatic rings. The number of aliphatic imine (C=N–C) groups is 1. The van der Waals surface area contributed by atoms with Crippen molar-refractivity contribution >= 4 is 29.9 Å². The molecule has 1 unspecified atom stereocenters. The van der Waals surface area contributed by atoms with Gasteiger partial charge < -0.3 is 15.4 Å². The van der Waals surface area contributed by atoms with E-state index < -0.39 is 0 Å². The second-order valence-electron chi connectivity index (χ2n) is 7.38. The zero-order valence-corrected chi connectivity index (χ0v) is 20.0. The molecule has 160 valence electrons. The number of guanidine groups is 1. The van der Waals surface area contributed by atoms with Gasteiger partial charge >= 0.3 is 0 Å². The number of halogens is 1. The lowest BCUT2D eigenvalue weighted by Gasteiger charge is -2.25. The highest BCUT2D eigenvalue weighted by atomic mass is 127. The predicted molar refractivity (Wildman–Crippen MR) is 125 cm³/mol. The molecule has 3 rings (SSSR count). The maximum atomic E-state index is 5.52. The number of hydrogen-bond acceptors (Lipinski definition) is 5. The molecule has 1 aliphatic rings. The summed E-state index contributed by atoms with van der Waals surface area (Å²) in [7, 11) is 1.79. The topological polar surface area (TPSA) is 89.3 Å². The Bertz CT molecular complexity index is 789. The van der Waals surface area contributed by atoms with Crippen LogP contribution in [-0.2, 0) is 19.5 Å². The largest absolute Gasteiger partial charge is 0.478 e. The van der Waals surface area contributed by atoms with Crippen molar-refractivity contribution in [3.05, 3.63) is 35.5 Å². The van der Waals surface area contributed by atoms with Crippen LogP contribution in [0.5, 0.6) is 5.88 Å². The first kappa shape index (κ1) is 23.4. The van der Waals surface area contributed by atoms with Crippen LogP contribution in [0.15, 0.2) is 23.3 Å². The van der Waals surface area contributed by atoms with Crippen molar-refractivity contribution in [1.82, 2.24) is 30.4 Å². The smallest absolute Gasteiger partial charge is 0.213 e. The fraction of sp³-hybridized carbons (Fsp3) is 0.600. The summed E-state index contributed by atoms with van der Waals surface area (Å²) >= 11 is 0. The van der Waals surface area contributed by atoms with E-state index in [1.807, 2.05) is 23.0 Å². The van der Waals surface area contributed by atoms with Gasteiger partial charge in [-0.2, -0.15) is 5.10 Å². The number of aryl methyl sites for hydroxylation is 1. The molecule has 0 aliphatic carbocycles. The van der Waals surface area contributed by atoms with E-state index in [0.717, 1.165) is 49.0 Å². The first-order valence-corrected chi connectivity index (χ1v) is 10.1. The van der Waals surface area contributed by atoms with Gasteiger partial charge in [0.25, 0.3) is 0 Å². The minimum atomic E-state index is 0. The molecule has 0 fully saturated rings. The Morgan fingerprint density at radius 3 is 2.86 bits per heavy atom. The Morgan fingerprint density at radius 1 is 1.38 bits per heavy atom. The third-order valence-electron chi connectivity index (χ3n) is 4.67. The van der Waals surface area contributed by atoms with E-state index in [2.05, 4.69) is 51.5 Å². The number of ether oxygens (including phenoxy) is 1. The Hall–Kier alpha value is -1.91. The summed E-state index contributed by atoms with van der Waals surface area (Å²) < 4.78 is 7.55. The number of pyridine rings is 1. The quantitative estimate of drug-likeness (QED) is 0.336. The molecule has 0 spiro atoms. The number of nitrogens with one attached hydrogen (secondary N) is 2. The van der Waals surface area contributed by atoms with Crippen molar-refractivity contribution in [1.29, 1.82) is 0 Å². The summed E-state index contributed by atoms with van der Waals surface area (Å²) in [6.07, 6.45) is 4.75. The van der Waals surface area contributed by atoms with Crippen LogP contribution in [0.3, 0.4) is 0 Å². The molecule has 2 aromatic heterocycles. The van der Waals surface area contributed by atoms with Crippen LogP contribution in [0.2, 0.25) is 0 Å². The fourth-order valence-electron chi connectivity index (χ4n) is 3.07. The monoisotopic (exact) mass is 513 g/mol. The van der Waals surface area contributed by atoms with E-state index in [1.54, 1.807) is 7.05 Å². The molecule has 0 radical (unpaired) electrons. The Balaban J connectivity index is 0.00000300. The standard InChI is InChI=1S/C20H31N7O.HI/c1-5-10-28-18-9-6-15(11-22-18)12-23-20(21-4)24-16-7-8-17-25-19(14(2)3)26-27(17)13-16;/h6,9,11,14,16H,5,7-8,10,12-13H2,1-4H3,(H2,21,23,24);1H. The highest BCUT2D eigenvalue weighted by Gasteiger charge is 2.23. The summed E-state index contributed by atoms with van der Waals surface area (Å²) in [6, 6.07) is 4.21. The van der Waals surface area contributed by atoms with E-state index >= 15 is 0 Å². The van der Waals surface area contributed by atoms with Crippen LogP contribution >= 0.6 is 24.0 Å². The molecule has 29 heavy (non-hydrogen) atoms. The van der Waals surface area contributed by atoms with E-state index in [4.69, 9.17) is 4.74 Å². The van der Waals surface area contributed by atoms with E-state index in [1.165, 1.54) is 0 Å². The van der Waals surface area contributed by atoms with Gasteiger partial charge in [0, 0.05) is 44.2 Å². The molecule has 0 aromatic carbocycles.